The molecule has 0 saturated carbocycles. The molecule has 0 aliphatic heterocycles. The monoisotopic (exact) mass is 1370 g/mol. The van der Waals surface area contributed by atoms with Crippen molar-refractivity contribution >= 4 is 61.7 Å². The molecule has 0 N–H and O–H groups in total. The second-order valence-electron chi connectivity index (χ2n) is 20.1. The first-order chi connectivity index (χ1) is 59.4. The van der Waals surface area contributed by atoms with Crippen molar-refractivity contribution in [1.29, 1.82) is 0 Å². The summed E-state index contributed by atoms with van der Waals surface area (Å²) in [5, 5.41) is -3.79. The second kappa shape index (κ2) is 22.7. The number of rotatable bonds is 12. The Morgan fingerprint density at radius 3 is 1.88 bits per heavy atom. The number of benzene rings is 11. The SMILES string of the molecule is [2H]c1c([2H])c([2H])c([Si](c2c([2H])c([2H])c([2H])c([2H])c2[2H])(c2c([2H])c([2H])c([2H])c([2H])c2[2H])c2c([2H])c([2H])c([2H])c(-c3cccc(-c4c([2H])c([2H])c5c(c4[2H])C(C([2H])([2H])[2H])(C([2H])([2H])[2H])C([2H])([2H])C([2H])([2H])C5(C([2H])([2H])[2H])C([2H])([2H])[2H])c3-[n+]3[c-]n(-c4[c-]c(Oc5[c-]c6c(cc5)c5ccccc5n6-c5cc(C([2H])([2H])[2H])c(-c6ccccc6)cn5)ccc4)c4ccccc43)c2[2H])c([2H])c1[2H].[Pt]. The fourth-order valence-corrected chi connectivity index (χ4v) is 14.6. The Morgan fingerprint density at radius 2 is 1.17 bits per heavy atom. The molecule has 3 heterocycles. The van der Waals surface area contributed by atoms with Gasteiger partial charge in [0.25, 0.3) is 6.33 Å². The summed E-state index contributed by atoms with van der Waals surface area (Å²) in [5.41, 5.74) is -16.3. The van der Waals surface area contributed by atoms with Gasteiger partial charge in [-0.2, -0.15) is 18.2 Å². The van der Waals surface area contributed by atoms with Crippen molar-refractivity contribution in [2.45, 2.75) is 57.8 Å². The van der Waals surface area contributed by atoms with Crippen LogP contribution in [0.15, 0.2) is 273 Å². The van der Waals surface area contributed by atoms with Crippen molar-refractivity contribution in [2.24, 2.45) is 0 Å². The summed E-state index contributed by atoms with van der Waals surface area (Å²) in [5.74, 6) is 0.132. The minimum absolute atomic E-state index is 0. The first-order valence-electron chi connectivity index (χ1n) is 47.2. The molecule has 14 aromatic rings. The van der Waals surface area contributed by atoms with Crippen LogP contribution in [0.2, 0.25) is 0 Å². The van der Waals surface area contributed by atoms with E-state index >= 15 is 0 Å². The van der Waals surface area contributed by atoms with E-state index in [0.717, 1.165) is 22.8 Å². The van der Waals surface area contributed by atoms with Crippen molar-refractivity contribution in [2.75, 3.05) is 0 Å². The fraction of sp³-hybridized carbons (Fsp3) is 0.111. The zero-order valence-corrected chi connectivity index (χ0v) is 48.6. The molecular formula is C81H64N4OPtSi-2. The van der Waals surface area contributed by atoms with E-state index in [2.05, 4.69) is 18.5 Å². The van der Waals surface area contributed by atoms with Gasteiger partial charge < -0.3 is 13.9 Å². The molecule has 15 rings (SSSR count). The van der Waals surface area contributed by atoms with E-state index in [1.165, 1.54) is 59.3 Å². The van der Waals surface area contributed by atoms with E-state index in [9.17, 15) is 39.8 Å². The Bertz CT molecular complexity index is 6810. The standard InChI is InChI=1S/C81H64N4OSi.Pt/c1-56-49-78(82-54-71(56)57-25-10-6-11-26-57)85-74-40-19-18-37-69(74)70-45-44-62(53-77(70)85)86-61-29-23-28-60(52-61)83-55-84(76-42-21-20-41-75(76)83)79-67(38-24-39-68(79)59-43-46-72-73(51-59)81(4,5)48-47-80(72,2)3)58-27-22-36-66(50-58)87(63-30-12-7-13-31-63,64-32-14-8-15-33-64)65-34-16-9-17-35-65;/h6-46,49-51,54H,47-48H2,1-5H3;/q-2;/i1D3,2D3,3D3,4D3,5D3,7D,8D,9D,12D,13D,14D,15D,16D,17D,22D,27D,30D,31D,32D,33D,34D,35D,36D,43D,46D,47D2,48D2,50D,51D;. The molecule has 0 unspecified atom stereocenters. The first-order valence-corrected chi connectivity index (χ1v) is 28.7. The smallest absolute Gasteiger partial charge is 0.268 e. The molecule has 0 fully saturated rings. The largest absolute Gasteiger partial charge is 0.510 e. The third-order valence-corrected chi connectivity index (χ3v) is 19.0. The molecule has 0 bridgehead atoms. The average Bonchev–Trinajstić information content (AvgIpc) is 0.857. The Balaban J connectivity index is 0.0000134. The molecular weight excluding hydrogens is 1270 g/mol. The second-order valence-corrected chi connectivity index (χ2v) is 23.6. The maximum atomic E-state index is 11.0. The van der Waals surface area contributed by atoms with Crippen LogP contribution in [0.25, 0.3) is 83.4 Å². The van der Waals surface area contributed by atoms with Crippen LogP contribution < -0.4 is 30.1 Å². The van der Waals surface area contributed by atoms with Gasteiger partial charge in [0.2, 0.25) is 0 Å². The van der Waals surface area contributed by atoms with Gasteiger partial charge in [-0.25, -0.2) is 4.98 Å². The number of imidazole rings is 1. The zero-order chi connectivity index (χ0) is 94.1. The normalized spacial score (nSPS) is 22.1. The number of ether oxygens (including phenoxy) is 1. The number of para-hydroxylation sites is 4. The van der Waals surface area contributed by atoms with Gasteiger partial charge in [0, 0.05) is 75.9 Å². The van der Waals surface area contributed by atoms with Crippen LogP contribution in [0.5, 0.6) is 11.5 Å². The molecule has 430 valence electrons. The molecule has 11 aromatic carbocycles. The first kappa shape index (κ1) is 26.9. The van der Waals surface area contributed by atoms with E-state index in [1.54, 1.807) is 65.2 Å². The van der Waals surface area contributed by atoms with Gasteiger partial charge in [0.05, 0.1) is 46.9 Å². The summed E-state index contributed by atoms with van der Waals surface area (Å²) in [6.45, 7) is -20.9. The number of aromatic nitrogens is 4. The molecule has 5 nitrogen and oxygen atoms in total. The number of nitrogens with zero attached hydrogens (tertiary/aromatic N) is 4. The van der Waals surface area contributed by atoms with Gasteiger partial charge in [-0.1, -0.05) is 257 Å². The summed E-state index contributed by atoms with van der Waals surface area (Å²) in [4.78, 5) is 4.80. The minimum atomic E-state index is -6.73. The van der Waals surface area contributed by atoms with Crippen LogP contribution in [0.1, 0.15) is 113 Å². The molecule has 0 spiro atoms. The zero-order valence-electron chi connectivity index (χ0n) is 86.3. The summed E-state index contributed by atoms with van der Waals surface area (Å²) < 4.78 is 398. The van der Waals surface area contributed by atoms with Crippen molar-refractivity contribution in [3.63, 3.8) is 0 Å². The Kier molecular flexibility index (Phi) is 6.93. The van der Waals surface area contributed by atoms with Gasteiger partial charge in [-0.15, -0.1) is 29.7 Å². The quantitative estimate of drug-likeness (QED) is 0.0529. The third-order valence-electron chi connectivity index (χ3n) is 15.0. The molecule has 0 amide bonds. The molecule has 0 atom stereocenters. The average molecular weight is 1370 g/mol. The van der Waals surface area contributed by atoms with Gasteiger partial charge in [-0.05, 0) is 119 Å². The van der Waals surface area contributed by atoms with Crippen molar-refractivity contribution < 1.29 is 86.6 Å². The molecule has 0 radical (unpaired) electrons. The van der Waals surface area contributed by atoms with E-state index in [4.69, 9.17) is 26.2 Å². The van der Waals surface area contributed by atoms with Crippen LogP contribution >= 0.6 is 0 Å². The van der Waals surface area contributed by atoms with Gasteiger partial charge in [0.15, 0.2) is 8.07 Å². The molecule has 0 saturated heterocycles. The van der Waals surface area contributed by atoms with E-state index in [0.29, 0.717) is 32.9 Å². The van der Waals surface area contributed by atoms with Gasteiger partial charge in [-0.3, -0.25) is 4.57 Å². The third kappa shape index (κ3) is 9.67. The topological polar surface area (TPSA) is 35.9 Å². The van der Waals surface area contributed by atoms with Crippen LogP contribution in [0.3, 0.4) is 0 Å². The van der Waals surface area contributed by atoms with Crippen molar-refractivity contribution in [1.82, 2.24) is 14.1 Å². The fourth-order valence-electron chi connectivity index (χ4n) is 11.1. The Labute approximate surface area is 588 Å². The maximum Gasteiger partial charge on any atom is 0.268 e. The molecule has 1 aliphatic carbocycles. The number of aryl methyl sites for hydroxylation is 1. The Hall–Kier alpha value is -9.45. The van der Waals surface area contributed by atoms with Crippen molar-refractivity contribution in [3.8, 4) is 62.1 Å². The van der Waals surface area contributed by atoms with Gasteiger partial charge >= 0.3 is 0 Å². The molecule has 7 heteroatoms. The van der Waals surface area contributed by atoms with E-state index < -0.39 is 259 Å². The van der Waals surface area contributed by atoms with Crippen LogP contribution in [0.4, 0.5) is 0 Å². The summed E-state index contributed by atoms with van der Waals surface area (Å²) in [6, 6.07) is 9.89. The summed E-state index contributed by atoms with van der Waals surface area (Å²) in [7, 11) is -6.73. The maximum absolute atomic E-state index is 11.0. The summed E-state index contributed by atoms with van der Waals surface area (Å²) >= 11 is 0. The number of hydrogen-bond donors (Lipinski definition) is 0. The van der Waals surface area contributed by atoms with Crippen LogP contribution in [-0.4, -0.2) is 22.2 Å². The van der Waals surface area contributed by atoms with E-state index in [1.807, 2.05) is 6.07 Å². The number of fused-ring (bicyclic) bond motifs is 5. The summed E-state index contributed by atoms with van der Waals surface area (Å²) in [6.07, 6.45) is -5.09. The Morgan fingerprint density at radius 1 is 0.545 bits per heavy atom. The van der Waals surface area contributed by atoms with Crippen LogP contribution in [-0.2, 0) is 31.9 Å². The number of hydrogen-bond acceptors (Lipinski definition) is 2. The molecule has 88 heavy (non-hydrogen) atoms. The predicted molar refractivity (Wildman–Crippen MR) is 360 cm³/mol. The van der Waals surface area contributed by atoms with Gasteiger partial charge in [0.1, 0.15) is 5.82 Å². The van der Waals surface area contributed by atoms with Crippen LogP contribution in [0, 0.1) is 25.3 Å². The molecule has 3 aromatic heterocycles. The minimum Gasteiger partial charge on any atom is -0.510 e. The number of pyridine rings is 1. The predicted octanol–water partition coefficient (Wildman–Crippen LogP) is 16.6. The van der Waals surface area contributed by atoms with E-state index in [-0.39, 0.29) is 60.7 Å². The van der Waals surface area contributed by atoms with Crippen molar-refractivity contribution in [3.05, 3.63) is 308 Å². The molecule has 1 aliphatic rings.